The van der Waals surface area contributed by atoms with Gasteiger partial charge in [0.2, 0.25) is 0 Å². The Kier molecular flexibility index (Phi) is 1.34. The third kappa shape index (κ3) is 0.892. The molecule has 0 radical (unpaired) electrons. The second-order valence-corrected chi connectivity index (χ2v) is 2.26. The average molecular weight is 114 g/mol. The molecule has 1 aliphatic rings. The van der Waals surface area contributed by atoms with E-state index in [0.29, 0.717) is 6.42 Å². The molecule has 2 atom stereocenters. The molecule has 0 aromatic heterocycles. The molecule has 0 aromatic rings. The molecule has 2 nitrogen and oxygen atoms in total. The van der Waals surface area contributed by atoms with E-state index in [1.807, 2.05) is 6.92 Å². The fourth-order valence-corrected chi connectivity index (χ4v) is 0.922. The van der Waals surface area contributed by atoms with E-state index in [-0.39, 0.29) is 18.0 Å². The average Bonchev–Trinajstić information content (AvgIpc) is 1.85. The summed E-state index contributed by atoms with van der Waals surface area (Å²) >= 11 is 0. The highest BCUT2D eigenvalue weighted by Crippen LogP contribution is 2.13. The zero-order valence-electron chi connectivity index (χ0n) is 5.18. The van der Waals surface area contributed by atoms with E-state index in [2.05, 4.69) is 0 Å². The number of ketones is 1. The molecular formula is C6H10O2. The standard InChI is InChI=1S/C6H10O2/c1-4-3-6(7)5(2)8-4/h4-5H,3H2,1-2H3/t4-,5+/m1/s1. The van der Waals surface area contributed by atoms with Gasteiger partial charge >= 0.3 is 0 Å². The van der Waals surface area contributed by atoms with E-state index in [0.717, 1.165) is 0 Å². The van der Waals surface area contributed by atoms with Gasteiger partial charge < -0.3 is 4.74 Å². The van der Waals surface area contributed by atoms with E-state index >= 15 is 0 Å². The molecule has 1 fully saturated rings. The van der Waals surface area contributed by atoms with Crippen LogP contribution in [0.2, 0.25) is 0 Å². The molecular weight excluding hydrogens is 104 g/mol. The van der Waals surface area contributed by atoms with Crippen molar-refractivity contribution in [2.75, 3.05) is 0 Å². The number of hydrogen-bond acceptors (Lipinski definition) is 2. The first kappa shape index (κ1) is 5.76. The number of ether oxygens (including phenoxy) is 1. The molecule has 0 aliphatic carbocycles. The summed E-state index contributed by atoms with van der Waals surface area (Å²) in [6, 6.07) is 0. The summed E-state index contributed by atoms with van der Waals surface area (Å²) in [5, 5.41) is 0. The molecule has 0 unspecified atom stereocenters. The lowest BCUT2D eigenvalue weighted by atomic mass is 10.2. The van der Waals surface area contributed by atoms with Crippen LogP contribution in [0.15, 0.2) is 0 Å². The van der Waals surface area contributed by atoms with Crippen molar-refractivity contribution in [2.45, 2.75) is 32.5 Å². The van der Waals surface area contributed by atoms with Crippen molar-refractivity contribution in [3.63, 3.8) is 0 Å². The van der Waals surface area contributed by atoms with Gasteiger partial charge in [-0.15, -0.1) is 0 Å². The highest BCUT2D eigenvalue weighted by molar-refractivity contribution is 5.84. The Labute approximate surface area is 48.8 Å². The van der Waals surface area contributed by atoms with Crippen LogP contribution in [0.5, 0.6) is 0 Å². The molecule has 2 heteroatoms. The zero-order chi connectivity index (χ0) is 6.15. The van der Waals surface area contributed by atoms with Crippen LogP contribution in [0.25, 0.3) is 0 Å². The Morgan fingerprint density at radius 1 is 1.62 bits per heavy atom. The van der Waals surface area contributed by atoms with Crippen molar-refractivity contribution >= 4 is 5.78 Å². The van der Waals surface area contributed by atoms with Gasteiger partial charge in [-0.1, -0.05) is 0 Å². The van der Waals surface area contributed by atoms with Gasteiger partial charge in [-0.25, -0.2) is 0 Å². The zero-order valence-corrected chi connectivity index (χ0v) is 5.18. The van der Waals surface area contributed by atoms with Crippen molar-refractivity contribution in [2.24, 2.45) is 0 Å². The molecule has 1 aliphatic heterocycles. The van der Waals surface area contributed by atoms with Crippen molar-refractivity contribution < 1.29 is 9.53 Å². The normalized spacial score (nSPS) is 38.5. The SMILES string of the molecule is C[C@@H]1CC(=O)[C@H](C)O1. The smallest absolute Gasteiger partial charge is 0.163 e. The molecule has 0 spiro atoms. The summed E-state index contributed by atoms with van der Waals surface area (Å²) in [4.78, 5) is 10.7. The quantitative estimate of drug-likeness (QED) is 0.464. The summed E-state index contributed by atoms with van der Waals surface area (Å²) in [5.41, 5.74) is 0. The first-order valence-electron chi connectivity index (χ1n) is 2.88. The number of Topliss-reactive ketones (excluding diaryl/α,β-unsaturated/α-hetero) is 1. The van der Waals surface area contributed by atoms with Gasteiger partial charge in [-0.2, -0.15) is 0 Å². The van der Waals surface area contributed by atoms with E-state index in [1.54, 1.807) is 6.92 Å². The maximum Gasteiger partial charge on any atom is 0.163 e. The van der Waals surface area contributed by atoms with Crippen molar-refractivity contribution in [3.8, 4) is 0 Å². The van der Waals surface area contributed by atoms with Crippen LogP contribution in [0.1, 0.15) is 20.3 Å². The van der Waals surface area contributed by atoms with Crippen molar-refractivity contribution in [3.05, 3.63) is 0 Å². The van der Waals surface area contributed by atoms with Gasteiger partial charge in [0, 0.05) is 6.42 Å². The van der Waals surface area contributed by atoms with Crippen LogP contribution >= 0.6 is 0 Å². The number of hydrogen-bond donors (Lipinski definition) is 0. The molecule has 46 valence electrons. The molecule has 1 rings (SSSR count). The Balaban J connectivity index is 2.51. The van der Waals surface area contributed by atoms with Gasteiger partial charge in [-0.3, -0.25) is 4.79 Å². The Morgan fingerprint density at radius 3 is 2.38 bits per heavy atom. The lowest BCUT2D eigenvalue weighted by molar-refractivity contribution is -0.121. The summed E-state index contributed by atoms with van der Waals surface area (Å²) in [6.07, 6.45) is 0.601. The maximum atomic E-state index is 10.7. The second kappa shape index (κ2) is 1.86. The fraction of sp³-hybridized carbons (Fsp3) is 0.833. The van der Waals surface area contributed by atoms with Crippen LogP contribution < -0.4 is 0 Å². The Hall–Kier alpha value is -0.370. The fourth-order valence-electron chi connectivity index (χ4n) is 0.922. The Bertz CT molecular complexity index is 109. The third-order valence-corrected chi connectivity index (χ3v) is 1.38. The van der Waals surface area contributed by atoms with Crippen molar-refractivity contribution in [1.29, 1.82) is 0 Å². The third-order valence-electron chi connectivity index (χ3n) is 1.38. The Morgan fingerprint density at radius 2 is 2.25 bits per heavy atom. The van der Waals surface area contributed by atoms with Gasteiger partial charge in [0.15, 0.2) is 5.78 Å². The predicted octanol–water partition coefficient (Wildman–Crippen LogP) is 0.753. The number of carbonyl (C=O) groups excluding carboxylic acids is 1. The molecule has 0 amide bonds. The monoisotopic (exact) mass is 114 g/mol. The van der Waals surface area contributed by atoms with Crippen LogP contribution in [0.4, 0.5) is 0 Å². The highest BCUT2D eigenvalue weighted by Gasteiger charge is 2.25. The van der Waals surface area contributed by atoms with Gasteiger partial charge in [0.1, 0.15) is 6.10 Å². The first-order chi connectivity index (χ1) is 3.70. The maximum absolute atomic E-state index is 10.7. The van der Waals surface area contributed by atoms with Crippen LogP contribution in [-0.4, -0.2) is 18.0 Å². The highest BCUT2D eigenvalue weighted by atomic mass is 16.5. The van der Waals surface area contributed by atoms with E-state index in [9.17, 15) is 4.79 Å². The van der Waals surface area contributed by atoms with Gasteiger partial charge in [0.05, 0.1) is 6.10 Å². The molecule has 0 N–H and O–H groups in total. The van der Waals surface area contributed by atoms with E-state index < -0.39 is 0 Å². The molecule has 0 aromatic carbocycles. The summed E-state index contributed by atoms with van der Waals surface area (Å²) in [5.74, 6) is 0.234. The molecule has 1 saturated heterocycles. The second-order valence-electron chi connectivity index (χ2n) is 2.26. The number of rotatable bonds is 0. The van der Waals surface area contributed by atoms with Gasteiger partial charge in [-0.05, 0) is 13.8 Å². The largest absolute Gasteiger partial charge is 0.367 e. The first-order valence-corrected chi connectivity index (χ1v) is 2.88. The topological polar surface area (TPSA) is 26.3 Å². The van der Waals surface area contributed by atoms with Gasteiger partial charge in [0.25, 0.3) is 0 Å². The van der Waals surface area contributed by atoms with Crippen LogP contribution in [0, 0.1) is 0 Å². The molecule has 1 heterocycles. The summed E-state index contributed by atoms with van der Waals surface area (Å²) < 4.78 is 5.12. The minimum atomic E-state index is -0.148. The van der Waals surface area contributed by atoms with E-state index in [1.165, 1.54) is 0 Å². The predicted molar refractivity (Wildman–Crippen MR) is 29.6 cm³/mol. The summed E-state index contributed by atoms with van der Waals surface area (Å²) in [7, 11) is 0. The van der Waals surface area contributed by atoms with Crippen LogP contribution in [0.3, 0.4) is 0 Å². The van der Waals surface area contributed by atoms with Crippen LogP contribution in [-0.2, 0) is 9.53 Å². The lowest BCUT2D eigenvalue weighted by Gasteiger charge is -1.99. The number of carbonyl (C=O) groups is 1. The molecule has 0 bridgehead atoms. The lowest BCUT2D eigenvalue weighted by Crippen LogP contribution is -2.08. The van der Waals surface area contributed by atoms with E-state index in [4.69, 9.17) is 4.74 Å². The minimum Gasteiger partial charge on any atom is -0.367 e. The molecule has 8 heavy (non-hydrogen) atoms. The minimum absolute atomic E-state index is 0.148. The summed E-state index contributed by atoms with van der Waals surface area (Å²) in [6.45, 7) is 3.72. The van der Waals surface area contributed by atoms with Crippen molar-refractivity contribution in [1.82, 2.24) is 0 Å². The molecule has 0 saturated carbocycles.